The lowest BCUT2D eigenvalue weighted by Crippen LogP contribution is -2.51. The molecule has 1 amide bonds. The van der Waals surface area contributed by atoms with Crippen LogP contribution in [0.4, 0.5) is 5.69 Å². The zero-order valence-electron chi connectivity index (χ0n) is 17.5. The van der Waals surface area contributed by atoms with Crippen LogP contribution in [0.3, 0.4) is 0 Å². The molecule has 1 saturated heterocycles. The van der Waals surface area contributed by atoms with E-state index in [2.05, 4.69) is 26.4 Å². The van der Waals surface area contributed by atoms with Crippen LogP contribution in [-0.4, -0.2) is 54.8 Å². The first-order chi connectivity index (χ1) is 15.1. The molecular weight excluding hydrogens is 435 g/mol. The molecule has 1 aromatic carbocycles. The third-order valence-corrected chi connectivity index (χ3v) is 6.62. The second-order valence-electron chi connectivity index (χ2n) is 8.17. The zero-order valence-corrected chi connectivity index (χ0v) is 19.0. The maximum absolute atomic E-state index is 12.6. The molecule has 0 atom stereocenters. The molecule has 1 aromatic heterocycles. The number of anilines is 1. The number of aromatic nitrogens is 1. The number of hydrogen-bond donors (Lipinski definition) is 1. The Morgan fingerprint density at radius 3 is 2.65 bits per heavy atom. The second kappa shape index (κ2) is 10.6. The Hall–Kier alpha value is -1.86. The topological polar surface area (TPSA) is 57.7 Å². The number of amides is 1. The first-order valence-corrected chi connectivity index (χ1v) is 11.6. The Bertz CT molecular complexity index is 869. The van der Waals surface area contributed by atoms with Crippen LogP contribution in [0.15, 0.2) is 42.7 Å². The third kappa shape index (κ3) is 5.89. The van der Waals surface area contributed by atoms with E-state index in [1.54, 1.807) is 24.4 Å². The van der Waals surface area contributed by atoms with Crippen LogP contribution in [0.25, 0.3) is 0 Å². The van der Waals surface area contributed by atoms with Crippen molar-refractivity contribution in [3.05, 3.63) is 58.3 Å². The molecule has 2 fully saturated rings. The van der Waals surface area contributed by atoms with Gasteiger partial charge in [0.05, 0.1) is 35.7 Å². The fourth-order valence-corrected chi connectivity index (χ4v) is 4.73. The van der Waals surface area contributed by atoms with Crippen LogP contribution in [-0.2, 0) is 4.74 Å². The van der Waals surface area contributed by atoms with Gasteiger partial charge in [-0.25, -0.2) is 5.01 Å². The number of nitrogens with zero attached hydrogens (tertiary/aromatic N) is 3. The van der Waals surface area contributed by atoms with E-state index in [-0.39, 0.29) is 11.9 Å². The predicted molar refractivity (Wildman–Crippen MR) is 124 cm³/mol. The molecule has 6 nitrogen and oxygen atoms in total. The van der Waals surface area contributed by atoms with Gasteiger partial charge in [0.2, 0.25) is 0 Å². The fraction of sp³-hybridized carbons (Fsp3) is 0.478. The van der Waals surface area contributed by atoms with E-state index in [4.69, 9.17) is 27.9 Å². The van der Waals surface area contributed by atoms with Crippen LogP contribution < -0.4 is 10.3 Å². The van der Waals surface area contributed by atoms with E-state index in [1.807, 2.05) is 12.3 Å². The number of pyridine rings is 1. The van der Waals surface area contributed by atoms with Crippen molar-refractivity contribution in [2.24, 2.45) is 5.92 Å². The standard InChI is InChI=1S/C23H28Cl2N4O2/c24-18-5-8-22(25)21(14-18)23(30)27-19-6-3-17(4-7-19)16-29(20-2-1-9-26-15-20)28-10-12-31-13-11-28/h1-2,5,8-9,14-15,17,19H,3-4,6-7,10-13,16H2,(H,27,30). The number of carbonyl (C=O) groups excluding carboxylic acids is 1. The lowest BCUT2D eigenvalue weighted by atomic mass is 9.85. The summed E-state index contributed by atoms with van der Waals surface area (Å²) in [6.07, 6.45) is 7.78. The fourth-order valence-electron chi connectivity index (χ4n) is 4.35. The number of hydrazine groups is 1. The molecule has 2 aromatic rings. The van der Waals surface area contributed by atoms with Gasteiger partial charge in [-0.2, -0.15) is 0 Å². The highest BCUT2D eigenvalue weighted by molar-refractivity contribution is 6.35. The number of benzene rings is 1. The Kier molecular flexibility index (Phi) is 7.67. The first-order valence-electron chi connectivity index (χ1n) is 10.9. The SMILES string of the molecule is O=C(NC1CCC(CN(c2cccnc2)N2CCOCC2)CC1)c1cc(Cl)ccc1Cl. The number of halogens is 2. The Morgan fingerprint density at radius 1 is 1.16 bits per heavy atom. The Balaban J connectivity index is 1.34. The predicted octanol–water partition coefficient (Wildman–Crippen LogP) is 4.43. The van der Waals surface area contributed by atoms with Gasteiger partial charge >= 0.3 is 0 Å². The van der Waals surface area contributed by atoms with Crippen LogP contribution >= 0.6 is 23.2 Å². The van der Waals surface area contributed by atoms with Crippen molar-refractivity contribution >= 4 is 34.8 Å². The number of morpholine rings is 1. The molecule has 166 valence electrons. The molecule has 8 heteroatoms. The van der Waals surface area contributed by atoms with Crippen LogP contribution in [0.1, 0.15) is 36.0 Å². The molecule has 0 spiro atoms. The minimum absolute atomic E-state index is 0.152. The van der Waals surface area contributed by atoms with Gasteiger partial charge in [-0.15, -0.1) is 0 Å². The Labute approximate surface area is 193 Å². The largest absolute Gasteiger partial charge is 0.379 e. The van der Waals surface area contributed by atoms with Crippen molar-refractivity contribution < 1.29 is 9.53 Å². The molecule has 0 bridgehead atoms. The van der Waals surface area contributed by atoms with E-state index in [0.717, 1.165) is 64.2 Å². The summed E-state index contributed by atoms with van der Waals surface area (Å²) in [6, 6.07) is 9.23. The van der Waals surface area contributed by atoms with Crippen molar-refractivity contribution in [3.63, 3.8) is 0 Å². The molecule has 1 aliphatic heterocycles. The monoisotopic (exact) mass is 462 g/mol. The highest BCUT2D eigenvalue weighted by Crippen LogP contribution is 2.29. The number of carbonyl (C=O) groups is 1. The summed E-state index contributed by atoms with van der Waals surface area (Å²) < 4.78 is 5.54. The Morgan fingerprint density at radius 2 is 1.94 bits per heavy atom. The van der Waals surface area contributed by atoms with Gasteiger partial charge in [-0.05, 0) is 61.9 Å². The molecule has 4 rings (SSSR count). The van der Waals surface area contributed by atoms with E-state index in [0.29, 0.717) is 21.5 Å². The molecule has 1 N–H and O–H groups in total. The zero-order chi connectivity index (χ0) is 21.6. The molecule has 1 aliphatic carbocycles. The third-order valence-electron chi connectivity index (χ3n) is 6.06. The van der Waals surface area contributed by atoms with Gasteiger partial charge in [0, 0.05) is 36.9 Å². The molecule has 1 saturated carbocycles. The van der Waals surface area contributed by atoms with Crippen molar-refractivity contribution in [2.75, 3.05) is 37.9 Å². The molecule has 0 radical (unpaired) electrons. The van der Waals surface area contributed by atoms with E-state index in [1.165, 1.54) is 0 Å². The van der Waals surface area contributed by atoms with Gasteiger partial charge in [-0.3, -0.25) is 9.78 Å². The minimum atomic E-state index is -0.152. The number of rotatable bonds is 6. The van der Waals surface area contributed by atoms with Crippen molar-refractivity contribution in [1.82, 2.24) is 15.3 Å². The molecule has 2 aliphatic rings. The van der Waals surface area contributed by atoms with Gasteiger partial charge in [0.25, 0.3) is 5.91 Å². The number of nitrogens with one attached hydrogen (secondary N) is 1. The number of ether oxygens (including phenoxy) is 1. The van der Waals surface area contributed by atoms with Crippen molar-refractivity contribution in [1.29, 1.82) is 0 Å². The quantitative estimate of drug-likeness (QED) is 0.687. The summed E-state index contributed by atoms with van der Waals surface area (Å²) in [7, 11) is 0. The van der Waals surface area contributed by atoms with Gasteiger partial charge in [0.15, 0.2) is 0 Å². The van der Waals surface area contributed by atoms with Crippen LogP contribution in [0.5, 0.6) is 0 Å². The maximum Gasteiger partial charge on any atom is 0.253 e. The first kappa shape index (κ1) is 22.3. The second-order valence-corrected chi connectivity index (χ2v) is 9.02. The molecule has 2 heterocycles. The van der Waals surface area contributed by atoms with Crippen LogP contribution in [0.2, 0.25) is 10.0 Å². The summed E-state index contributed by atoms with van der Waals surface area (Å²) in [4.78, 5) is 17.0. The van der Waals surface area contributed by atoms with E-state index in [9.17, 15) is 4.79 Å². The van der Waals surface area contributed by atoms with Crippen molar-refractivity contribution in [3.8, 4) is 0 Å². The highest BCUT2D eigenvalue weighted by Gasteiger charge is 2.27. The van der Waals surface area contributed by atoms with E-state index >= 15 is 0 Å². The lowest BCUT2D eigenvalue weighted by molar-refractivity contribution is 0.0289. The highest BCUT2D eigenvalue weighted by atomic mass is 35.5. The summed E-state index contributed by atoms with van der Waals surface area (Å²) in [5.74, 6) is 0.409. The van der Waals surface area contributed by atoms with Crippen molar-refractivity contribution in [2.45, 2.75) is 31.7 Å². The van der Waals surface area contributed by atoms with Gasteiger partial charge in [0.1, 0.15) is 0 Å². The summed E-state index contributed by atoms with van der Waals surface area (Å²) >= 11 is 12.2. The molecule has 31 heavy (non-hydrogen) atoms. The smallest absolute Gasteiger partial charge is 0.253 e. The average molecular weight is 463 g/mol. The maximum atomic E-state index is 12.6. The van der Waals surface area contributed by atoms with Gasteiger partial charge < -0.3 is 15.1 Å². The van der Waals surface area contributed by atoms with Gasteiger partial charge in [-0.1, -0.05) is 23.2 Å². The minimum Gasteiger partial charge on any atom is -0.379 e. The summed E-state index contributed by atoms with van der Waals surface area (Å²) in [5.41, 5.74) is 1.56. The van der Waals surface area contributed by atoms with Crippen LogP contribution in [0, 0.1) is 5.92 Å². The lowest BCUT2D eigenvalue weighted by Gasteiger charge is -2.41. The summed E-state index contributed by atoms with van der Waals surface area (Å²) in [6.45, 7) is 4.23. The average Bonchev–Trinajstić information content (AvgIpc) is 2.81. The normalized spacial score (nSPS) is 22.1. The number of hydrogen-bond acceptors (Lipinski definition) is 5. The molecule has 0 unspecified atom stereocenters. The summed E-state index contributed by atoms with van der Waals surface area (Å²) in [5, 5.41) is 8.81. The van der Waals surface area contributed by atoms with E-state index < -0.39 is 0 Å². The molecular formula is C23H28Cl2N4O2.